The quantitative estimate of drug-likeness (QED) is 0.378. The van der Waals surface area contributed by atoms with Gasteiger partial charge in [-0.3, -0.25) is 4.79 Å². The fourth-order valence-electron chi connectivity index (χ4n) is 2.32. The highest BCUT2D eigenvalue weighted by Gasteiger charge is 2.14. The summed E-state index contributed by atoms with van der Waals surface area (Å²) in [5.41, 5.74) is 0.482. The Bertz CT molecular complexity index is 951. The fraction of sp³-hybridized carbons (Fsp3) is 0.222. The van der Waals surface area contributed by atoms with Gasteiger partial charge in [0.25, 0.3) is 0 Å². The van der Waals surface area contributed by atoms with Gasteiger partial charge in [-0.25, -0.2) is 4.98 Å². The number of pyridine rings is 1. The lowest BCUT2D eigenvalue weighted by Crippen LogP contribution is -2.15. The highest BCUT2D eigenvalue weighted by Crippen LogP contribution is 2.21. The van der Waals surface area contributed by atoms with Gasteiger partial charge in [-0.1, -0.05) is 39.3 Å². The van der Waals surface area contributed by atoms with E-state index in [1.54, 1.807) is 18.3 Å². The molecule has 0 fully saturated rings. The Morgan fingerprint density at radius 2 is 2.07 bits per heavy atom. The van der Waals surface area contributed by atoms with E-state index in [0.29, 0.717) is 29.8 Å². The summed E-state index contributed by atoms with van der Waals surface area (Å²) >= 11 is 10.6. The second kappa shape index (κ2) is 9.90. The first-order chi connectivity index (χ1) is 13.6. The van der Waals surface area contributed by atoms with Crippen LogP contribution in [0.4, 0.5) is 5.69 Å². The largest absolute Gasteiger partial charge is 0.486 e. The van der Waals surface area contributed by atoms with E-state index in [0.717, 1.165) is 10.2 Å². The van der Waals surface area contributed by atoms with Crippen molar-refractivity contribution < 1.29 is 9.53 Å². The van der Waals surface area contributed by atoms with Gasteiger partial charge in [0.15, 0.2) is 16.1 Å². The molecule has 1 N–H and O–H groups in total. The van der Waals surface area contributed by atoms with Gasteiger partial charge >= 0.3 is 0 Å². The van der Waals surface area contributed by atoms with Crippen molar-refractivity contribution in [3.05, 3.63) is 58.0 Å². The summed E-state index contributed by atoms with van der Waals surface area (Å²) in [5, 5.41) is 12.0. The molecule has 0 aliphatic heterocycles. The molecule has 3 rings (SSSR count). The third-order valence-electron chi connectivity index (χ3n) is 3.66. The molecule has 3 aromatic rings. The van der Waals surface area contributed by atoms with Gasteiger partial charge in [-0.2, -0.15) is 0 Å². The maximum Gasteiger partial charge on any atom is 0.234 e. The molecule has 0 unspecified atom stereocenters. The van der Waals surface area contributed by atoms with Crippen molar-refractivity contribution in [1.29, 1.82) is 0 Å². The van der Waals surface area contributed by atoms with Gasteiger partial charge in [0.05, 0.1) is 11.4 Å². The number of anilines is 1. The minimum Gasteiger partial charge on any atom is -0.486 e. The van der Waals surface area contributed by atoms with Crippen LogP contribution in [0.25, 0.3) is 0 Å². The summed E-state index contributed by atoms with van der Waals surface area (Å²) in [4.78, 5) is 16.1. The minimum atomic E-state index is -0.196. The van der Waals surface area contributed by atoms with E-state index >= 15 is 0 Å². The van der Waals surface area contributed by atoms with Crippen LogP contribution in [0.3, 0.4) is 0 Å². The molecule has 0 saturated carbocycles. The molecule has 146 valence electrons. The normalized spacial score (nSPS) is 10.7. The average molecular weight is 483 g/mol. The van der Waals surface area contributed by atoms with Gasteiger partial charge in [-0.05, 0) is 43.3 Å². The maximum absolute atomic E-state index is 12.2. The Balaban J connectivity index is 1.58. The number of ether oxygens (including phenoxy) is 1. The first-order valence-corrected chi connectivity index (χ1v) is 10.6. The lowest BCUT2D eigenvalue weighted by Gasteiger charge is -2.09. The second-order valence-electron chi connectivity index (χ2n) is 5.56. The molecule has 1 amide bonds. The van der Waals surface area contributed by atoms with E-state index < -0.39 is 0 Å². The summed E-state index contributed by atoms with van der Waals surface area (Å²) in [5.74, 6) is 1.43. The predicted molar refractivity (Wildman–Crippen MR) is 113 cm³/mol. The molecule has 0 aliphatic rings. The summed E-state index contributed by atoms with van der Waals surface area (Å²) in [6.07, 6.45) is 1.56. The van der Waals surface area contributed by atoms with E-state index in [1.165, 1.54) is 11.8 Å². The van der Waals surface area contributed by atoms with Crippen LogP contribution in [0.1, 0.15) is 12.7 Å². The highest BCUT2D eigenvalue weighted by molar-refractivity contribution is 9.10. The molecule has 2 aromatic heterocycles. The Morgan fingerprint density at radius 3 is 2.79 bits per heavy atom. The molecule has 2 heterocycles. The molecule has 0 radical (unpaired) electrons. The first kappa shape index (κ1) is 20.6. The molecule has 7 nitrogen and oxygen atoms in total. The van der Waals surface area contributed by atoms with E-state index in [1.807, 2.05) is 35.8 Å². The van der Waals surface area contributed by atoms with Crippen molar-refractivity contribution in [3.8, 4) is 5.75 Å². The Labute approximate surface area is 180 Å². The first-order valence-electron chi connectivity index (χ1n) is 8.40. The molecule has 1 aromatic carbocycles. The minimum absolute atomic E-state index is 0.178. The Morgan fingerprint density at radius 1 is 1.29 bits per heavy atom. The monoisotopic (exact) mass is 481 g/mol. The number of nitrogens with one attached hydrogen (secondary N) is 1. The van der Waals surface area contributed by atoms with Crippen molar-refractivity contribution >= 4 is 50.9 Å². The van der Waals surface area contributed by atoms with Crippen molar-refractivity contribution in [3.63, 3.8) is 0 Å². The van der Waals surface area contributed by atoms with Crippen LogP contribution in [0.5, 0.6) is 5.75 Å². The number of hydrogen-bond donors (Lipinski definition) is 1. The van der Waals surface area contributed by atoms with Crippen LogP contribution in [0.15, 0.2) is 52.2 Å². The van der Waals surface area contributed by atoms with Gasteiger partial charge in [0.1, 0.15) is 12.4 Å². The number of amides is 1. The lowest BCUT2D eigenvalue weighted by molar-refractivity contribution is -0.113. The topological polar surface area (TPSA) is 81.9 Å². The molecule has 0 atom stereocenters. The highest BCUT2D eigenvalue weighted by atomic mass is 79.9. The number of hydrogen-bond acceptors (Lipinski definition) is 6. The van der Waals surface area contributed by atoms with Crippen molar-refractivity contribution in [2.75, 3.05) is 11.1 Å². The molecule has 10 heteroatoms. The second-order valence-corrected chi connectivity index (χ2v) is 7.78. The molecule has 0 spiro atoms. The lowest BCUT2D eigenvalue weighted by atomic mass is 10.3. The van der Waals surface area contributed by atoms with E-state index in [2.05, 4.69) is 36.4 Å². The summed E-state index contributed by atoms with van der Waals surface area (Å²) in [6.45, 7) is 2.96. The van der Waals surface area contributed by atoms with Crippen LogP contribution in [-0.2, 0) is 17.9 Å². The summed E-state index contributed by atoms with van der Waals surface area (Å²) in [7, 11) is 0. The number of aromatic nitrogens is 4. The SMILES string of the molecule is CCn1c(COc2ccc(Br)cc2)nnc1SCC(=O)Nc1cccnc1Cl. The summed E-state index contributed by atoms with van der Waals surface area (Å²) in [6, 6.07) is 11.0. The van der Waals surface area contributed by atoms with E-state index in [4.69, 9.17) is 16.3 Å². The fourth-order valence-corrected chi connectivity index (χ4v) is 3.58. The van der Waals surface area contributed by atoms with Crippen molar-refractivity contribution in [2.45, 2.75) is 25.2 Å². The molecular formula is C18H17BrClN5O2S. The van der Waals surface area contributed by atoms with Crippen LogP contribution in [0.2, 0.25) is 5.15 Å². The third-order valence-corrected chi connectivity index (χ3v) is 5.45. The zero-order valence-electron chi connectivity index (χ0n) is 14.9. The van der Waals surface area contributed by atoms with E-state index in [-0.39, 0.29) is 16.8 Å². The maximum atomic E-state index is 12.2. The van der Waals surface area contributed by atoms with Crippen LogP contribution < -0.4 is 10.1 Å². The van der Waals surface area contributed by atoms with Gasteiger partial charge in [0.2, 0.25) is 5.91 Å². The van der Waals surface area contributed by atoms with Gasteiger partial charge in [0, 0.05) is 17.2 Å². The Kier molecular flexibility index (Phi) is 7.30. The summed E-state index contributed by atoms with van der Waals surface area (Å²) < 4.78 is 8.68. The van der Waals surface area contributed by atoms with Crippen molar-refractivity contribution in [2.24, 2.45) is 0 Å². The number of rotatable bonds is 8. The Hall–Kier alpha value is -2.10. The standard InChI is InChI=1S/C18H17BrClN5O2S/c1-2-25-15(10-27-13-7-5-12(19)6-8-13)23-24-18(25)28-11-16(26)22-14-4-3-9-21-17(14)20/h3-9H,2,10-11H2,1H3,(H,22,26). The van der Waals surface area contributed by atoms with Gasteiger partial charge in [-0.15, -0.1) is 10.2 Å². The van der Waals surface area contributed by atoms with E-state index in [9.17, 15) is 4.79 Å². The number of benzene rings is 1. The number of thioether (sulfide) groups is 1. The molecule has 0 aliphatic carbocycles. The zero-order chi connectivity index (χ0) is 19.9. The van der Waals surface area contributed by atoms with Crippen LogP contribution in [-0.4, -0.2) is 31.4 Å². The number of carbonyl (C=O) groups is 1. The van der Waals surface area contributed by atoms with Crippen LogP contribution in [0, 0.1) is 0 Å². The molecular weight excluding hydrogens is 466 g/mol. The molecule has 0 bridgehead atoms. The predicted octanol–water partition coefficient (Wildman–Crippen LogP) is 4.42. The number of nitrogens with zero attached hydrogens (tertiary/aromatic N) is 4. The van der Waals surface area contributed by atoms with Gasteiger partial charge < -0.3 is 14.6 Å². The number of halogens is 2. The van der Waals surface area contributed by atoms with Crippen molar-refractivity contribution in [1.82, 2.24) is 19.7 Å². The smallest absolute Gasteiger partial charge is 0.234 e. The zero-order valence-corrected chi connectivity index (χ0v) is 18.1. The van der Waals surface area contributed by atoms with Crippen LogP contribution >= 0.6 is 39.3 Å². The molecule has 0 saturated heterocycles. The average Bonchev–Trinajstić information content (AvgIpc) is 3.09. The third kappa shape index (κ3) is 5.46. The molecule has 28 heavy (non-hydrogen) atoms. The number of carbonyl (C=O) groups excluding carboxylic acids is 1.